The Hall–Kier alpha value is -1.65. The molecule has 92 valence electrons. The molecule has 0 aliphatic heterocycles. The number of hydrogen-bond donors (Lipinski definition) is 2. The number of carbonyl (C=O) groups excluding carboxylic acids is 1. The van der Waals surface area contributed by atoms with Crippen LogP contribution >= 0.6 is 0 Å². The van der Waals surface area contributed by atoms with Crippen LogP contribution in [-0.2, 0) is 0 Å². The molecule has 5 heteroatoms. The van der Waals surface area contributed by atoms with Crippen molar-refractivity contribution in [2.45, 2.75) is 26.2 Å². The molecule has 2 N–H and O–H groups in total. The largest absolute Gasteiger partial charge is 0.369 e. The second-order valence-corrected chi connectivity index (χ2v) is 4.37. The van der Waals surface area contributed by atoms with E-state index in [4.69, 9.17) is 0 Å². The average molecular weight is 234 g/mol. The van der Waals surface area contributed by atoms with E-state index in [9.17, 15) is 4.79 Å². The molecule has 0 atom stereocenters. The van der Waals surface area contributed by atoms with Crippen LogP contribution in [0.5, 0.6) is 0 Å². The summed E-state index contributed by atoms with van der Waals surface area (Å²) in [5, 5.41) is 5.99. The first-order chi connectivity index (χ1) is 8.29. The maximum absolute atomic E-state index is 11.8. The summed E-state index contributed by atoms with van der Waals surface area (Å²) in [4.78, 5) is 20.0. The summed E-state index contributed by atoms with van der Waals surface area (Å²) in [5.41, 5.74) is 0.381. The summed E-state index contributed by atoms with van der Waals surface area (Å²) in [7, 11) is 0. The van der Waals surface area contributed by atoms with Gasteiger partial charge in [-0.25, -0.2) is 4.98 Å². The fraction of sp³-hybridized carbons (Fsp3) is 0.583. The molecular weight excluding hydrogens is 216 g/mol. The topological polar surface area (TPSA) is 66.9 Å². The third-order valence-electron chi connectivity index (χ3n) is 2.67. The summed E-state index contributed by atoms with van der Waals surface area (Å²) in [5.74, 6) is 1.20. The van der Waals surface area contributed by atoms with Gasteiger partial charge in [0.2, 0.25) is 0 Å². The smallest absolute Gasteiger partial charge is 0.271 e. The van der Waals surface area contributed by atoms with Crippen molar-refractivity contribution >= 4 is 11.7 Å². The number of hydrogen-bond acceptors (Lipinski definition) is 4. The highest BCUT2D eigenvalue weighted by Crippen LogP contribution is 2.27. The first-order valence-corrected chi connectivity index (χ1v) is 6.13. The van der Waals surface area contributed by atoms with Gasteiger partial charge in [0, 0.05) is 13.1 Å². The molecule has 0 aromatic carbocycles. The normalized spacial score (nSPS) is 14.4. The van der Waals surface area contributed by atoms with Gasteiger partial charge in [-0.3, -0.25) is 9.78 Å². The highest BCUT2D eigenvalue weighted by atomic mass is 16.1. The molecule has 0 radical (unpaired) electrons. The van der Waals surface area contributed by atoms with Gasteiger partial charge >= 0.3 is 0 Å². The number of nitrogens with zero attached hydrogens (tertiary/aromatic N) is 2. The van der Waals surface area contributed by atoms with Crippen LogP contribution in [-0.4, -0.2) is 29.0 Å². The average Bonchev–Trinajstić information content (AvgIpc) is 3.18. The molecule has 0 saturated heterocycles. The van der Waals surface area contributed by atoms with Crippen molar-refractivity contribution in [1.29, 1.82) is 0 Å². The van der Waals surface area contributed by atoms with Crippen LogP contribution in [0.1, 0.15) is 36.7 Å². The Balaban J connectivity index is 1.91. The molecule has 1 aromatic heterocycles. The lowest BCUT2D eigenvalue weighted by Gasteiger charge is -2.06. The van der Waals surface area contributed by atoms with Gasteiger partial charge < -0.3 is 10.6 Å². The molecule has 1 amide bonds. The fourth-order valence-electron chi connectivity index (χ4n) is 1.46. The zero-order chi connectivity index (χ0) is 12.1. The highest BCUT2D eigenvalue weighted by Gasteiger charge is 2.22. The van der Waals surface area contributed by atoms with Gasteiger partial charge in [-0.1, -0.05) is 6.92 Å². The third kappa shape index (κ3) is 3.69. The lowest BCUT2D eigenvalue weighted by atomic mass is 10.3. The quantitative estimate of drug-likeness (QED) is 0.781. The molecule has 1 fully saturated rings. The minimum atomic E-state index is -0.135. The van der Waals surface area contributed by atoms with E-state index >= 15 is 0 Å². The van der Waals surface area contributed by atoms with E-state index in [2.05, 4.69) is 27.5 Å². The number of rotatable bonds is 6. The lowest BCUT2D eigenvalue weighted by Crippen LogP contribution is -2.26. The van der Waals surface area contributed by atoms with E-state index in [-0.39, 0.29) is 5.91 Å². The number of nitrogens with one attached hydrogen (secondary N) is 2. The lowest BCUT2D eigenvalue weighted by molar-refractivity contribution is 0.0946. The van der Waals surface area contributed by atoms with Crippen LogP contribution in [0.2, 0.25) is 0 Å². The van der Waals surface area contributed by atoms with E-state index in [0.717, 1.165) is 19.5 Å². The van der Waals surface area contributed by atoms with E-state index in [1.54, 1.807) is 6.20 Å². The Morgan fingerprint density at radius 2 is 2.29 bits per heavy atom. The number of anilines is 1. The monoisotopic (exact) mass is 234 g/mol. The van der Waals surface area contributed by atoms with Gasteiger partial charge in [0.05, 0.1) is 12.4 Å². The minimum Gasteiger partial charge on any atom is -0.369 e. The molecule has 1 aliphatic carbocycles. The van der Waals surface area contributed by atoms with Gasteiger partial charge in [-0.05, 0) is 25.2 Å². The first-order valence-electron chi connectivity index (χ1n) is 6.13. The maximum Gasteiger partial charge on any atom is 0.271 e. The van der Waals surface area contributed by atoms with Crippen molar-refractivity contribution in [3.63, 3.8) is 0 Å². The molecule has 2 rings (SSSR count). The summed E-state index contributed by atoms with van der Waals surface area (Å²) < 4.78 is 0. The van der Waals surface area contributed by atoms with Crippen molar-refractivity contribution in [2.75, 3.05) is 18.4 Å². The van der Waals surface area contributed by atoms with Crippen molar-refractivity contribution < 1.29 is 4.79 Å². The molecule has 0 spiro atoms. The van der Waals surface area contributed by atoms with Gasteiger partial charge in [0.15, 0.2) is 0 Å². The van der Waals surface area contributed by atoms with Crippen LogP contribution < -0.4 is 10.6 Å². The Kier molecular flexibility index (Phi) is 3.90. The predicted molar refractivity (Wildman–Crippen MR) is 65.9 cm³/mol. The minimum absolute atomic E-state index is 0.135. The van der Waals surface area contributed by atoms with E-state index in [1.165, 1.54) is 19.0 Å². The van der Waals surface area contributed by atoms with Gasteiger partial charge in [-0.15, -0.1) is 0 Å². The molecule has 5 nitrogen and oxygen atoms in total. The van der Waals surface area contributed by atoms with Crippen LogP contribution in [0, 0.1) is 5.92 Å². The Bertz CT molecular complexity index is 390. The molecule has 1 saturated carbocycles. The summed E-state index contributed by atoms with van der Waals surface area (Å²) in [6.07, 6.45) is 6.60. The van der Waals surface area contributed by atoms with E-state index in [0.29, 0.717) is 17.4 Å². The molecule has 1 aromatic rings. The molecule has 17 heavy (non-hydrogen) atoms. The van der Waals surface area contributed by atoms with E-state index in [1.807, 2.05) is 0 Å². The predicted octanol–water partition coefficient (Wildman–Crippen LogP) is 1.44. The highest BCUT2D eigenvalue weighted by molar-refractivity contribution is 5.92. The number of amides is 1. The van der Waals surface area contributed by atoms with Crippen molar-refractivity contribution in [2.24, 2.45) is 5.92 Å². The van der Waals surface area contributed by atoms with Crippen molar-refractivity contribution in [3.05, 3.63) is 18.1 Å². The number of carbonyl (C=O) groups is 1. The van der Waals surface area contributed by atoms with Crippen LogP contribution in [0.4, 0.5) is 5.82 Å². The zero-order valence-electron chi connectivity index (χ0n) is 10.1. The van der Waals surface area contributed by atoms with Gasteiger partial charge in [0.25, 0.3) is 5.91 Å². The first kappa shape index (κ1) is 11.8. The van der Waals surface area contributed by atoms with Crippen molar-refractivity contribution in [1.82, 2.24) is 15.3 Å². The van der Waals surface area contributed by atoms with Crippen molar-refractivity contribution in [3.8, 4) is 0 Å². The second kappa shape index (κ2) is 5.61. The van der Waals surface area contributed by atoms with Gasteiger partial charge in [-0.2, -0.15) is 0 Å². The SMILES string of the molecule is CCCNc1cncc(C(=O)NCC2CC2)n1. The van der Waals surface area contributed by atoms with Crippen LogP contribution in [0.25, 0.3) is 0 Å². The number of aromatic nitrogens is 2. The Morgan fingerprint density at radius 3 is 3.00 bits per heavy atom. The molecule has 1 aliphatic rings. The molecule has 0 unspecified atom stereocenters. The second-order valence-electron chi connectivity index (χ2n) is 4.37. The molecular formula is C12H18N4O. The third-order valence-corrected chi connectivity index (χ3v) is 2.67. The maximum atomic E-state index is 11.8. The van der Waals surface area contributed by atoms with Crippen LogP contribution in [0.3, 0.4) is 0 Å². The zero-order valence-corrected chi connectivity index (χ0v) is 10.1. The van der Waals surface area contributed by atoms with E-state index < -0.39 is 0 Å². The molecule has 0 bridgehead atoms. The fourth-order valence-corrected chi connectivity index (χ4v) is 1.46. The summed E-state index contributed by atoms with van der Waals surface area (Å²) >= 11 is 0. The summed E-state index contributed by atoms with van der Waals surface area (Å²) in [6, 6.07) is 0. The Labute approximate surface area is 101 Å². The summed E-state index contributed by atoms with van der Waals surface area (Å²) in [6.45, 7) is 3.67. The Morgan fingerprint density at radius 1 is 1.47 bits per heavy atom. The van der Waals surface area contributed by atoms with Crippen LogP contribution in [0.15, 0.2) is 12.4 Å². The standard InChI is InChI=1S/C12H18N4O/c1-2-5-14-11-8-13-7-10(16-11)12(17)15-6-9-3-4-9/h7-9H,2-6H2,1H3,(H,14,16)(H,15,17). The van der Waals surface area contributed by atoms with Gasteiger partial charge in [0.1, 0.15) is 11.5 Å². The molecule has 1 heterocycles.